The summed E-state index contributed by atoms with van der Waals surface area (Å²) in [6, 6.07) is 10.4. The summed E-state index contributed by atoms with van der Waals surface area (Å²) in [5.74, 6) is -0.763. The summed E-state index contributed by atoms with van der Waals surface area (Å²) in [6.07, 6.45) is 1.67. The SMILES string of the molecule is Cc1cc(C=C2C(=O)N(C)C(=S)N(C)C2=O)c(C)n1-c1ccc(N2CCOCC2)cc1. The lowest BCUT2D eigenvalue weighted by Gasteiger charge is -2.31. The molecule has 1 aromatic carbocycles. The van der Waals surface area contributed by atoms with Crippen molar-refractivity contribution in [3.05, 3.63) is 52.9 Å². The van der Waals surface area contributed by atoms with Gasteiger partial charge in [-0.05, 0) is 68.0 Å². The van der Waals surface area contributed by atoms with Crippen molar-refractivity contribution in [1.82, 2.24) is 14.4 Å². The third kappa shape index (κ3) is 3.77. The van der Waals surface area contributed by atoms with E-state index in [4.69, 9.17) is 17.0 Å². The van der Waals surface area contributed by atoms with Crippen LogP contribution < -0.4 is 4.90 Å². The normalized spacial score (nSPS) is 17.6. The Kier molecular flexibility index (Phi) is 5.68. The van der Waals surface area contributed by atoms with Crippen molar-refractivity contribution in [3.63, 3.8) is 0 Å². The number of nitrogens with zero attached hydrogens (tertiary/aromatic N) is 4. The van der Waals surface area contributed by atoms with Crippen molar-refractivity contribution in [2.24, 2.45) is 0 Å². The van der Waals surface area contributed by atoms with Crippen molar-refractivity contribution in [3.8, 4) is 5.69 Å². The molecule has 4 rings (SSSR count). The quantitative estimate of drug-likeness (QED) is 0.419. The van der Waals surface area contributed by atoms with Crippen LogP contribution in [0, 0.1) is 13.8 Å². The Labute approximate surface area is 187 Å². The first-order valence-corrected chi connectivity index (χ1v) is 10.6. The lowest BCUT2D eigenvalue weighted by molar-refractivity contribution is -0.132. The van der Waals surface area contributed by atoms with Gasteiger partial charge in [-0.15, -0.1) is 0 Å². The summed E-state index contributed by atoms with van der Waals surface area (Å²) < 4.78 is 7.56. The van der Waals surface area contributed by atoms with Gasteiger partial charge in [-0.3, -0.25) is 19.4 Å². The van der Waals surface area contributed by atoms with Crippen LogP contribution >= 0.6 is 12.2 Å². The van der Waals surface area contributed by atoms with Crippen molar-refractivity contribution >= 4 is 40.9 Å². The number of amides is 2. The van der Waals surface area contributed by atoms with Gasteiger partial charge >= 0.3 is 0 Å². The number of aromatic nitrogens is 1. The van der Waals surface area contributed by atoms with E-state index in [1.165, 1.54) is 15.5 Å². The van der Waals surface area contributed by atoms with E-state index >= 15 is 0 Å². The van der Waals surface area contributed by atoms with Gasteiger partial charge in [0, 0.05) is 49.9 Å². The summed E-state index contributed by atoms with van der Waals surface area (Å²) in [7, 11) is 3.17. The smallest absolute Gasteiger partial charge is 0.265 e. The number of hydrogen-bond donors (Lipinski definition) is 0. The minimum atomic E-state index is -0.382. The molecule has 2 saturated heterocycles. The highest BCUT2D eigenvalue weighted by molar-refractivity contribution is 7.80. The maximum absolute atomic E-state index is 12.7. The zero-order chi connectivity index (χ0) is 22.3. The Balaban J connectivity index is 1.66. The number of anilines is 1. The Hall–Kier alpha value is -2.97. The van der Waals surface area contributed by atoms with Crippen molar-refractivity contribution in [2.75, 3.05) is 45.3 Å². The molecule has 2 fully saturated rings. The molecule has 0 saturated carbocycles. The van der Waals surface area contributed by atoms with E-state index in [0.717, 1.165) is 48.9 Å². The molecule has 7 nitrogen and oxygen atoms in total. The van der Waals surface area contributed by atoms with Crippen molar-refractivity contribution < 1.29 is 14.3 Å². The fourth-order valence-electron chi connectivity index (χ4n) is 4.10. The number of rotatable bonds is 3. The molecule has 2 aromatic rings. The minimum Gasteiger partial charge on any atom is -0.378 e. The van der Waals surface area contributed by atoms with Gasteiger partial charge in [0.25, 0.3) is 11.8 Å². The van der Waals surface area contributed by atoms with E-state index in [1.807, 2.05) is 19.9 Å². The third-order valence-electron chi connectivity index (χ3n) is 5.90. The summed E-state index contributed by atoms with van der Waals surface area (Å²) >= 11 is 5.16. The monoisotopic (exact) mass is 438 g/mol. The maximum atomic E-state index is 12.7. The van der Waals surface area contributed by atoms with Crippen LogP contribution in [0.15, 0.2) is 35.9 Å². The average Bonchev–Trinajstić information content (AvgIpc) is 3.07. The van der Waals surface area contributed by atoms with Gasteiger partial charge in [-0.1, -0.05) is 0 Å². The maximum Gasteiger partial charge on any atom is 0.265 e. The molecular formula is C23H26N4O3S. The Morgan fingerprint density at radius 1 is 0.935 bits per heavy atom. The van der Waals surface area contributed by atoms with E-state index in [1.54, 1.807) is 20.2 Å². The van der Waals surface area contributed by atoms with Crippen LogP contribution in [0.5, 0.6) is 0 Å². The van der Waals surface area contributed by atoms with E-state index in [2.05, 4.69) is 33.7 Å². The minimum absolute atomic E-state index is 0.113. The average molecular weight is 439 g/mol. The summed E-state index contributed by atoms with van der Waals surface area (Å²) in [5, 5.41) is 0.206. The topological polar surface area (TPSA) is 58.0 Å². The van der Waals surface area contributed by atoms with Crippen LogP contribution in [0.4, 0.5) is 5.69 Å². The zero-order valence-corrected chi connectivity index (χ0v) is 19.0. The number of aryl methyl sites for hydroxylation is 1. The van der Waals surface area contributed by atoms with Crippen molar-refractivity contribution in [2.45, 2.75) is 13.8 Å². The predicted molar refractivity (Wildman–Crippen MR) is 124 cm³/mol. The van der Waals surface area contributed by atoms with E-state index in [-0.39, 0.29) is 22.5 Å². The predicted octanol–water partition coefficient (Wildman–Crippen LogP) is 2.53. The Morgan fingerprint density at radius 3 is 2.06 bits per heavy atom. The number of carbonyl (C=O) groups excluding carboxylic acids is 2. The van der Waals surface area contributed by atoms with Gasteiger partial charge in [0.1, 0.15) is 5.57 Å². The molecule has 0 spiro atoms. The van der Waals surface area contributed by atoms with Crippen LogP contribution in [0.25, 0.3) is 11.8 Å². The number of thiocarbonyl (C=S) groups is 1. The molecule has 0 unspecified atom stereocenters. The molecule has 1 aromatic heterocycles. The fraction of sp³-hybridized carbons (Fsp3) is 0.348. The van der Waals surface area contributed by atoms with Gasteiger partial charge in [0.05, 0.1) is 13.2 Å². The molecule has 31 heavy (non-hydrogen) atoms. The highest BCUT2D eigenvalue weighted by Gasteiger charge is 2.35. The van der Waals surface area contributed by atoms with E-state index in [9.17, 15) is 9.59 Å². The van der Waals surface area contributed by atoms with Crippen LogP contribution in [0.3, 0.4) is 0 Å². The van der Waals surface area contributed by atoms with E-state index < -0.39 is 0 Å². The standard InChI is InChI=1S/C23H26N4O3S/c1-15-13-17(14-20-21(28)24(3)23(31)25(4)22(20)29)16(2)27(15)19-7-5-18(6-8-19)26-9-11-30-12-10-26/h5-8,13-14H,9-12H2,1-4H3. The third-order valence-corrected chi connectivity index (χ3v) is 6.45. The van der Waals surface area contributed by atoms with Crippen LogP contribution in [-0.4, -0.2) is 71.7 Å². The summed E-state index contributed by atoms with van der Waals surface area (Å²) in [6.45, 7) is 7.30. The second-order valence-electron chi connectivity index (χ2n) is 7.85. The fourth-order valence-corrected chi connectivity index (χ4v) is 4.26. The Bertz CT molecular complexity index is 1050. The molecule has 2 aliphatic heterocycles. The largest absolute Gasteiger partial charge is 0.378 e. The molecule has 3 heterocycles. The molecule has 0 N–H and O–H groups in total. The first-order chi connectivity index (χ1) is 14.8. The summed E-state index contributed by atoms with van der Waals surface area (Å²) in [4.78, 5) is 30.3. The second kappa shape index (κ2) is 8.28. The number of carbonyl (C=O) groups is 2. The number of morpholine rings is 1. The molecule has 162 valence electrons. The van der Waals surface area contributed by atoms with Gasteiger partial charge < -0.3 is 14.2 Å². The molecule has 8 heteroatoms. The molecule has 2 amide bonds. The first kappa shape index (κ1) is 21.3. The first-order valence-electron chi connectivity index (χ1n) is 10.2. The number of likely N-dealkylation sites (N-methyl/N-ethyl adjacent to an activating group) is 2. The number of ether oxygens (including phenoxy) is 1. The zero-order valence-electron chi connectivity index (χ0n) is 18.2. The van der Waals surface area contributed by atoms with Crippen LogP contribution in [0.1, 0.15) is 17.0 Å². The molecule has 0 atom stereocenters. The van der Waals surface area contributed by atoms with Gasteiger partial charge in [0.15, 0.2) is 5.11 Å². The van der Waals surface area contributed by atoms with Gasteiger partial charge in [0.2, 0.25) is 0 Å². The Morgan fingerprint density at radius 2 is 1.48 bits per heavy atom. The number of benzene rings is 1. The highest BCUT2D eigenvalue weighted by Crippen LogP contribution is 2.26. The second-order valence-corrected chi connectivity index (χ2v) is 8.21. The van der Waals surface area contributed by atoms with Gasteiger partial charge in [-0.2, -0.15) is 0 Å². The summed E-state index contributed by atoms with van der Waals surface area (Å²) in [5.41, 5.74) is 5.15. The molecule has 0 bridgehead atoms. The van der Waals surface area contributed by atoms with Crippen molar-refractivity contribution in [1.29, 1.82) is 0 Å². The molecule has 2 aliphatic rings. The van der Waals surface area contributed by atoms with Crippen LogP contribution in [-0.2, 0) is 14.3 Å². The molecular weight excluding hydrogens is 412 g/mol. The lowest BCUT2D eigenvalue weighted by Crippen LogP contribution is -2.52. The van der Waals surface area contributed by atoms with E-state index in [0.29, 0.717) is 0 Å². The highest BCUT2D eigenvalue weighted by atomic mass is 32.1. The number of hydrogen-bond acceptors (Lipinski definition) is 5. The molecule has 0 aliphatic carbocycles. The lowest BCUT2D eigenvalue weighted by atomic mass is 10.1. The molecule has 0 radical (unpaired) electrons. The van der Waals surface area contributed by atoms with Crippen LogP contribution in [0.2, 0.25) is 0 Å². The van der Waals surface area contributed by atoms with Gasteiger partial charge in [-0.25, -0.2) is 0 Å².